The fraction of sp³-hybridized carbons (Fsp3) is 0.917. The van der Waals surface area contributed by atoms with Crippen LogP contribution >= 0.6 is 7.75 Å². The first-order valence-electron chi connectivity index (χ1n) is 7.66. The predicted molar refractivity (Wildman–Crippen MR) is 93.5 cm³/mol. The van der Waals surface area contributed by atoms with Crippen molar-refractivity contribution in [1.82, 2.24) is 0 Å². The van der Waals surface area contributed by atoms with Gasteiger partial charge in [0.1, 0.15) is 6.54 Å². The molecular formula is C12H29NO8PS2+. The number of rotatable bonds is 10. The van der Waals surface area contributed by atoms with E-state index in [4.69, 9.17) is 4.52 Å². The van der Waals surface area contributed by atoms with Crippen molar-refractivity contribution >= 4 is 32.3 Å². The minimum Gasteiger partial charge on any atom is -0.287 e. The summed E-state index contributed by atoms with van der Waals surface area (Å²) in [6.45, 7) is 5.31. The van der Waals surface area contributed by atoms with Crippen molar-refractivity contribution < 1.29 is 40.0 Å². The van der Waals surface area contributed by atoms with Gasteiger partial charge in [-0.15, -0.1) is 4.21 Å². The van der Waals surface area contributed by atoms with Crippen LogP contribution in [0, 0.1) is 0 Å². The van der Waals surface area contributed by atoms with Gasteiger partial charge in [-0.2, -0.15) is 4.57 Å². The third-order valence-electron chi connectivity index (χ3n) is 3.82. The normalized spacial score (nSPS) is 21.8. The molecule has 146 valence electrons. The Morgan fingerprint density at radius 1 is 1.38 bits per heavy atom. The Hall–Kier alpha value is -0.000000000000000104. The molecule has 9 nitrogen and oxygen atoms in total. The number of quaternary nitrogens is 1. The second-order valence-electron chi connectivity index (χ2n) is 5.68. The van der Waals surface area contributed by atoms with E-state index in [2.05, 4.69) is 0 Å². The first-order valence-corrected chi connectivity index (χ1v) is 13.1. The van der Waals surface area contributed by atoms with E-state index in [-0.39, 0.29) is 6.42 Å². The van der Waals surface area contributed by atoms with Gasteiger partial charge in [-0.3, -0.25) is 18.5 Å². The van der Waals surface area contributed by atoms with Gasteiger partial charge in [0.25, 0.3) is 0 Å². The van der Waals surface area contributed by atoms with Gasteiger partial charge in [0, 0.05) is 8.56 Å². The van der Waals surface area contributed by atoms with Gasteiger partial charge in [-0.05, 0) is 20.3 Å². The lowest BCUT2D eigenvalue weighted by molar-refractivity contribution is -0.619. The molecule has 0 aliphatic carbocycles. The zero-order chi connectivity index (χ0) is 19.4. The van der Waals surface area contributed by atoms with E-state index in [1.807, 2.05) is 6.92 Å². The highest BCUT2D eigenvalue weighted by atomic mass is 33.2. The Labute approximate surface area is 145 Å². The number of carbonyl (C=O) groups is 1. The van der Waals surface area contributed by atoms with Gasteiger partial charge in [0.15, 0.2) is 0 Å². The van der Waals surface area contributed by atoms with Crippen LogP contribution < -0.4 is 0 Å². The first-order chi connectivity index (χ1) is 10.7. The van der Waals surface area contributed by atoms with Crippen molar-refractivity contribution in [3.8, 4) is 0 Å². The van der Waals surface area contributed by atoms with E-state index in [1.165, 1.54) is 20.8 Å². The van der Waals surface area contributed by atoms with E-state index in [0.29, 0.717) is 19.1 Å². The second-order valence-corrected chi connectivity index (χ2v) is 14.3. The lowest BCUT2D eigenvalue weighted by atomic mass is 10.2. The molecule has 24 heavy (non-hydrogen) atoms. The predicted octanol–water partition coefficient (Wildman–Crippen LogP) is 2.43. The zero-order valence-electron chi connectivity index (χ0n) is 14.7. The second kappa shape index (κ2) is 8.13. The summed E-state index contributed by atoms with van der Waals surface area (Å²) in [6, 6.07) is 0. The monoisotopic (exact) mass is 410 g/mol. The van der Waals surface area contributed by atoms with Crippen LogP contribution in [0.4, 0.5) is 0 Å². The largest absolute Gasteiger partial charge is 0.560 e. The maximum atomic E-state index is 12.9. The Kier molecular flexibility index (Phi) is 8.13. The lowest BCUT2D eigenvalue weighted by Gasteiger charge is -2.51. The molecule has 12 heteroatoms. The van der Waals surface area contributed by atoms with Crippen LogP contribution in [0.15, 0.2) is 0 Å². The van der Waals surface area contributed by atoms with E-state index >= 15 is 0 Å². The average molecular weight is 410 g/mol. The summed E-state index contributed by atoms with van der Waals surface area (Å²) < 4.78 is 60.4. The highest BCUT2D eigenvalue weighted by molar-refractivity contribution is 8.72. The van der Waals surface area contributed by atoms with Crippen LogP contribution in [0.25, 0.3) is 0 Å². The number of unbranched alkanes of at least 4 members (excludes halogenated alkanes) is 1. The molecule has 0 rings (SSSR count). The molecule has 0 saturated carbocycles. The summed E-state index contributed by atoms with van der Waals surface area (Å²) >= 11 is 0. The summed E-state index contributed by atoms with van der Waals surface area (Å²) in [4.78, 5) is 22.9. The van der Waals surface area contributed by atoms with Crippen LogP contribution in [0.2, 0.25) is 0 Å². The molecule has 0 saturated heterocycles. The third kappa shape index (κ3) is 4.04. The van der Waals surface area contributed by atoms with E-state index in [0.717, 1.165) is 6.42 Å². The molecule has 0 heterocycles. The maximum absolute atomic E-state index is 12.9. The molecule has 0 bridgehead atoms. The van der Waals surface area contributed by atoms with Crippen molar-refractivity contribution in [2.75, 3.05) is 12.8 Å². The number of hydrogen-bond donors (Lipinski definition) is 3. The van der Waals surface area contributed by atoms with Crippen LogP contribution in [-0.4, -0.2) is 50.9 Å². The van der Waals surface area contributed by atoms with Crippen LogP contribution in [0.5, 0.6) is 0 Å². The van der Waals surface area contributed by atoms with E-state index in [9.17, 15) is 31.8 Å². The highest BCUT2D eigenvalue weighted by Crippen LogP contribution is 2.63. The van der Waals surface area contributed by atoms with Gasteiger partial charge in [-0.1, -0.05) is 30.3 Å². The highest BCUT2D eigenvalue weighted by Gasteiger charge is 2.68. The molecule has 0 fully saturated rings. The molecule has 0 aliphatic rings. The fourth-order valence-electron chi connectivity index (χ4n) is 2.46. The van der Waals surface area contributed by atoms with Gasteiger partial charge >= 0.3 is 23.8 Å². The molecule has 0 aromatic rings. The lowest BCUT2D eigenvalue weighted by Crippen LogP contribution is -2.67. The molecule has 0 spiro atoms. The average Bonchev–Trinajstić information content (AvgIpc) is 2.43. The first kappa shape index (κ1) is 24.0. The quantitative estimate of drug-likeness (QED) is 0.284. The van der Waals surface area contributed by atoms with Crippen LogP contribution in [0.3, 0.4) is 0 Å². The SMILES string of the molecule is CCCCC(C)OP(=O)(O)[N+](CC)(C(=O)CC)S(C)(=O)(O)S(=O)O. The van der Waals surface area contributed by atoms with Gasteiger partial charge < -0.3 is 0 Å². The van der Waals surface area contributed by atoms with Crippen molar-refractivity contribution in [2.45, 2.75) is 59.5 Å². The van der Waals surface area contributed by atoms with E-state index in [1.54, 1.807) is 0 Å². The smallest absolute Gasteiger partial charge is 0.287 e. The summed E-state index contributed by atoms with van der Waals surface area (Å²) in [5.74, 6) is -1.12. The Bertz CT molecular complexity index is 604. The summed E-state index contributed by atoms with van der Waals surface area (Å²) in [5, 5.41) is 0. The molecule has 0 radical (unpaired) electrons. The summed E-state index contributed by atoms with van der Waals surface area (Å²) in [7, 11) is -14.4. The molecule has 4 atom stereocenters. The molecule has 0 aromatic carbocycles. The number of hydrogen-bond acceptors (Lipinski definition) is 5. The van der Waals surface area contributed by atoms with Gasteiger partial charge in [0.2, 0.25) is 0 Å². The molecule has 4 unspecified atom stereocenters. The van der Waals surface area contributed by atoms with Crippen LogP contribution in [0.1, 0.15) is 53.4 Å². The summed E-state index contributed by atoms with van der Waals surface area (Å²) in [6.07, 6.45) is 1.20. The molecule has 3 N–H and O–H groups in total. The van der Waals surface area contributed by atoms with Gasteiger partial charge in [0.05, 0.1) is 18.8 Å². The van der Waals surface area contributed by atoms with Crippen molar-refractivity contribution in [3.63, 3.8) is 0 Å². The van der Waals surface area contributed by atoms with Gasteiger partial charge in [-0.25, -0.2) is 9.00 Å². The molecular weight excluding hydrogens is 381 g/mol. The number of amides is 1. The zero-order valence-corrected chi connectivity index (χ0v) is 17.2. The molecule has 1 amide bonds. The van der Waals surface area contributed by atoms with Crippen molar-refractivity contribution in [1.29, 1.82) is 0 Å². The van der Waals surface area contributed by atoms with Crippen molar-refractivity contribution in [3.05, 3.63) is 0 Å². The van der Waals surface area contributed by atoms with Crippen LogP contribution in [-0.2, 0) is 32.6 Å². The Morgan fingerprint density at radius 2 is 1.88 bits per heavy atom. The maximum Gasteiger partial charge on any atom is 0.560 e. The summed E-state index contributed by atoms with van der Waals surface area (Å²) in [5.41, 5.74) is 0. The fourth-order valence-corrected chi connectivity index (χ4v) is 9.81. The minimum atomic E-state index is -5.85. The standard InChI is InChI=1S/C12H28NO8PS2/c1-6-9-10-11(4)21-22(15,16)13(8-3,12(14)7-2)24(5,19,20)23(17)18/h11H,6-10H2,1-5H3,(H2-,15,16,17,18,19,20)/p+1. The Morgan fingerprint density at radius 3 is 2.21 bits per heavy atom. The molecule has 0 aromatic heterocycles. The number of nitrogens with zero attached hydrogens (tertiary/aromatic N) is 1. The third-order valence-corrected chi connectivity index (χ3v) is 13.1. The molecule has 0 aliphatic heterocycles. The Balaban J connectivity index is 6.36. The van der Waals surface area contributed by atoms with Crippen molar-refractivity contribution in [2.24, 2.45) is 0 Å². The van der Waals surface area contributed by atoms with E-state index < -0.39 is 48.6 Å². The number of carbonyl (C=O) groups excluding carboxylic acids is 1. The minimum absolute atomic E-state index is 0.384. The topological polar surface area (TPSA) is 138 Å².